The molecule has 2 atom stereocenters. The lowest BCUT2D eigenvalue weighted by atomic mass is 9.59. The third kappa shape index (κ3) is 5.56. The number of hydrogen-bond donors (Lipinski definition) is 2. The Morgan fingerprint density at radius 2 is 1.76 bits per heavy atom. The van der Waals surface area contributed by atoms with Gasteiger partial charge < -0.3 is 15.2 Å². The SMILES string of the molecule is O=C(O)C1(Nc2cccc(Cl)c2)CCC2(CC1)c1ccccc1CC2C[C@H](COc1cccnc1)c1ccccc1. The van der Waals surface area contributed by atoms with Crippen molar-refractivity contribution >= 4 is 23.3 Å². The Morgan fingerprint density at radius 1 is 0.976 bits per heavy atom. The van der Waals surface area contributed by atoms with Crippen molar-refractivity contribution in [2.24, 2.45) is 5.92 Å². The number of carbonyl (C=O) groups is 1. The van der Waals surface area contributed by atoms with Crippen LogP contribution in [0.2, 0.25) is 5.02 Å². The molecule has 0 amide bonds. The summed E-state index contributed by atoms with van der Waals surface area (Å²) in [7, 11) is 0. The zero-order valence-corrected chi connectivity index (χ0v) is 23.8. The van der Waals surface area contributed by atoms with Crippen LogP contribution >= 0.6 is 11.6 Å². The van der Waals surface area contributed by atoms with Gasteiger partial charge in [-0.2, -0.15) is 0 Å². The van der Waals surface area contributed by atoms with E-state index in [0.29, 0.717) is 30.4 Å². The summed E-state index contributed by atoms with van der Waals surface area (Å²) in [6.07, 6.45) is 8.16. The van der Waals surface area contributed by atoms with E-state index in [4.69, 9.17) is 16.3 Å². The van der Waals surface area contributed by atoms with E-state index in [2.05, 4.69) is 64.9 Å². The number of halogens is 1. The third-order valence-corrected chi connectivity index (χ3v) is 9.58. The average molecular weight is 567 g/mol. The average Bonchev–Trinajstić information content (AvgIpc) is 3.30. The molecule has 1 saturated carbocycles. The largest absolute Gasteiger partial charge is 0.491 e. The molecule has 6 heteroatoms. The van der Waals surface area contributed by atoms with Gasteiger partial charge in [0.25, 0.3) is 0 Å². The third-order valence-electron chi connectivity index (χ3n) is 9.34. The molecule has 0 bridgehead atoms. The van der Waals surface area contributed by atoms with E-state index in [0.717, 1.165) is 37.1 Å². The quantitative estimate of drug-likeness (QED) is 0.215. The lowest BCUT2D eigenvalue weighted by Crippen LogP contribution is -2.53. The Labute approximate surface area is 246 Å². The highest BCUT2D eigenvalue weighted by Crippen LogP contribution is 2.56. The fraction of sp³-hybridized carbons (Fsp3) is 0.314. The van der Waals surface area contributed by atoms with Crippen molar-refractivity contribution in [1.29, 1.82) is 0 Å². The molecule has 41 heavy (non-hydrogen) atoms. The summed E-state index contributed by atoms with van der Waals surface area (Å²) in [5.41, 5.74) is 3.69. The standard InChI is InChI=1S/C35H35ClN2O3/c36-29-11-6-12-30(22-29)38-35(33(39)40)17-15-34(16-18-35)28(20-26-10-4-5-14-32(26)34)21-27(25-8-2-1-3-9-25)24-41-31-13-7-19-37-23-31/h1-14,19,22-23,27-28,38H,15-18,20-21,24H2,(H,39,40)/t27-,28?,34?,35?/m1/s1. The molecule has 1 fully saturated rings. The van der Waals surface area contributed by atoms with E-state index in [-0.39, 0.29) is 11.3 Å². The molecule has 2 aliphatic carbocycles. The van der Waals surface area contributed by atoms with Crippen LogP contribution in [-0.4, -0.2) is 28.2 Å². The van der Waals surface area contributed by atoms with E-state index < -0.39 is 11.5 Å². The van der Waals surface area contributed by atoms with Crippen molar-refractivity contribution in [1.82, 2.24) is 4.98 Å². The summed E-state index contributed by atoms with van der Waals surface area (Å²) in [5, 5.41) is 14.4. The number of fused-ring (bicyclic) bond motifs is 2. The fourth-order valence-electron chi connectivity index (χ4n) is 7.21. The maximum Gasteiger partial charge on any atom is 0.329 e. The van der Waals surface area contributed by atoms with Gasteiger partial charge in [0.05, 0.1) is 12.8 Å². The maximum absolute atomic E-state index is 12.8. The smallest absolute Gasteiger partial charge is 0.329 e. The van der Waals surface area contributed by atoms with Crippen LogP contribution < -0.4 is 10.1 Å². The van der Waals surface area contributed by atoms with E-state index in [9.17, 15) is 9.90 Å². The fourth-order valence-corrected chi connectivity index (χ4v) is 7.40. The van der Waals surface area contributed by atoms with Crippen LogP contribution in [0.1, 0.15) is 54.7 Å². The highest BCUT2D eigenvalue weighted by Gasteiger charge is 2.54. The summed E-state index contributed by atoms with van der Waals surface area (Å²) < 4.78 is 6.27. The Balaban J connectivity index is 1.28. The first kappa shape index (κ1) is 27.3. The van der Waals surface area contributed by atoms with Crippen LogP contribution in [0.5, 0.6) is 5.75 Å². The number of rotatable bonds is 9. The number of nitrogens with zero attached hydrogens (tertiary/aromatic N) is 1. The monoisotopic (exact) mass is 566 g/mol. The first-order chi connectivity index (χ1) is 20.0. The number of carboxylic acid groups (broad SMARTS) is 1. The topological polar surface area (TPSA) is 71.5 Å². The van der Waals surface area contributed by atoms with Gasteiger partial charge in [0.1, 0.15) is 11.3 Å². The molecule has 0 aliphatic heterocycles. The molecule has 5 nitrogen and oxygen atoms in total. The minimum absolute atomic E-state index is 0.0765. The van der Waals surface area contributed by atoms with Crippen molar-refractivity contribution in [3.8, 4) is 5.75 Å². The molecule has 1 heterocycles. The van der Waals surface area contributed by atoms with Crippen LogP contribution in [0.3, 0.4) is 0 Å². The van der Waals surface area contributed by atoms with Gasteiger partial charge in [-0.1, -0.05) is 72.3 Å². The van der Waals surface area contributed by atoms with Gasteiger partial charge in [0.15, 0.2) is 0 Å². The van der Waals surface area contributed by atoms with Crippen LogP contribution in [0.15, 0.2) is 103 Å². The number of aromatic nitrogens is 1. The van der Waals surface area contributed by atoms with Gasteiger partial charge in [0.2, 0.25) is 0 Å². The number of ether oxygens (including phenoxy) is 1. The molecule has 3 aromatic carbocycles. The van der Waals surface area contributed by atoms with Gasteiger partial charge in [-0.3, -0.25) is 4.98 Å². The lowest BCUT2D eigenvalue weighted by Gasteiger charge is -2.47. The zero-order chi connectivity index (χ0) is 28.3. The molecule has 2 N–H and O–H groups in total. The molecule has 2 aliphatic rings. The van der Waals surface area contributed by atoms with Crippen LogP contribution in [0.4, 0.5) is 5.69 Å². The molecular formula is C35H35ClN2O3. The van der Waals surface area contributed by atoms with Crippen molar-refractivity contribution < 1.29 is 14.6 Å². The van der Waals surface area contributed by atoms with Crippen LogP contribution in [0, 0.1) is 5.92 Å². The van der Waals surface area contributed by atoms with Crippen LogP contribution in [0.25, 0.3) is 0 Å². The molecule has 210 valence electrons. The van der Waals surface area contributed by atoms with Crippen molar-refractivity contribution in [2.75, 3.05) is 11.9 Å². The normalized spacial score (nSPS) is 24.0. The van der Waals surface area contributed by atoms with E-state index >= 15 is 0 Å². The van der Waals surface area contributed by atoms with E-state index in [1.165, 1.54) is 16.7 Å². The molecule has 6 rings (SSSR count). The molecule has 1 aromatic heterocycles. The number of carboxylic acids is 1. The molecule has 0 radical (unpaired) electrons. The Morgan fingerprint density at radius 3 is 2.49 bits per heavy atom. The molecule has 1 spiro atoms. The summed E-state index contributed by atoms with van der Waals surface area (Å²) in [5.74, 6) is 0.542. The van der Waals surface area contributed by atoms with Crippen molar-refractivity contribution in [2.45, 2.75) is 55.4 Å². The summed E-state index contributed by atoms with van der Waals surface area (Å²) in [6, 6.07) is 30.6. The first-order valence-corrected chi connectivity index (χ1v) is 14.8. The predicted octanol–water partition coefficient (Wildman–Crippen LogP) is 7.91. The summed E-state index contributed by atoms with van der Waals surface area (Å²) >= 11 is 6.22. The zero-order valence-electron chi connectivity index (χ0n) is 23.0. The Kier molecular flexibility index (Phi) is 7.72. The second kappa shape index (κ2) is 11.6. The van der Waals surface area contributed by atoms with Crippen LogP contribution in [-0.2, 0) is 16.6 Å². The first-order valence-electron chi connectivity index (χ1n) is 14.4. The van der Waals surface area contributed by atoms with E-state index in [1.807, 2.05) is 24.3 Å². The number of anilines is 1. The Hall–Kier alpha value is -3.83. The number of pyridine rings is 1. The molecule has 1 unspecified atom stereocenters. The number of hydrogen-bond acceptors (Lipinski definition) is 4. The van der Waals surface area contributed by atoms with Crippen molar-refractivity contribution in [3.05, 3.63) is 125 Å². The van der Waals surface area contributed by atoms with Gasteiger partial charge in [-0.05, 0) is 96.9 Å². The molecule has 4 aromatic rings. The Bertz CT molecular complexity index is 1490. The van der Waals surface area contributed by atoms with Gasteiger partial charge >= 0.3 is 5.97 Å². The summed E-state index contributed by atoms with van der Waals surface area (Å²) in [4.78, 5) is 17.0. The molecule has 0 saturated heterocycles. The number of aliphatic carboxylic acids is 1. The van der Waals surface area contributed by atoms with E-state index in [1.54, 1.807) is 24.5 Å². The predicted molar refractivity (Wildman–Crippen MR) is 163 cm³/mol. The number of nitrogens with one attached hydrogen (secondary N) is 1. The maximum atomic E-state index is 12.8. The minimum Gasteiger partial charge on any atom is -0.491 e. The highest BCUT2D eigenvalue weighted by atomic mass is 35.5. The minimum atomic E-state index is -1.03. The second-order valence-corrected chi connectivity index (χ2v) is 12.0. The summed E-state index contributed by atoms with van der Waals surface area (Å²) in [6.45, 7) is 0.564. The van der Waals surface area contributed by atoms with Gasteiger partial charge in [0, 0.05) is 22.8 Å². The highest BCUT2D eigenvalue weighted by molar-refractivity contribution is 6.30. The lowest BCUT2D eigenvalue weighted by molar-refractivity contribution is -0.144. The second-order valence-electron chi connectivity index (χ2n) is 11.6. The van der Waals surface area contributed by atoms with Gasteiger partial charge in [-0.25, -0.2) is 4.79 Å². The van der Waals surface area contributed by atoms with Crippen molar-refractivity contribution in [3.63, 3.8) is 0 Å². The molecular weight excluding hydrogens is 532 g/mol. The number of benzene rings is 3. The van der Waals surface area contributed by atoms with Gasteiger partial charge in [-0.15, -0.1) is 0 Å².